The largest absolute Gasteiger partial charge is 0.465 e. The molecule has 6 nitrogen and oxygen atoms in total. The van der Waals surface area contributed by atoms with Gasteiger partial charge in [-0.25, -0.2) is 0 Å². The summed E-state index contributed by atoms with van der Waals surface area (Å²) in [6, 6.07) is 3.90. The van der Waals surface area contributed by atoms with Gasteiger partial charge in [0.2, 0.25) is 0 Å². The van der Waals surface area contributed by atoms with Crippen molar-refractivity contribution in [2.24, 2.45) is 7.05 Å². The number of hydrogen-bond donors (Lipinski definition) is 0. The minimum atomic E-state index is -0.220. The lowest BCUT2D eigenvalue weighted by atomic mass is 10.1. The fraction of sp³-hybridized carbons (Fsp3) is 0.571. The Morgan fingerprint density at radius 2 is 2.15 bits per heavy atom. The standard InChI is InChI=1S/C14H21N3O3/c1-4-20-13(18)10-16(3)11-8-17(9-11)14(19)12-6-5-7-15(12)2/h5-7,11H,4,8-10H2,1-3H3. The summed E-state index contributed by atoms with van der Waals surface area (Å²) in [5, 5.41) is 0. The predicted octanol–water partition coefficient (Wildman–Crippen LogP) is 0.344. The molecule has 0 spiro atoms. The maximum Gasteiger partial charge on any atom is 0.320 e. The minimum Gasteiger partial charge on any atom is -0.465 e. The SMILES string of the molecule is CCOC(=O)CN(C)C1CN(C(=O)c2cccn2C)C1. The third-order valence-electron chi connectivity index (χ3n) is 3.62. The lowest BCUT2D eigenvalue weighted by Gasteiger charge is -2.43. The van der Waals surface area contributed by atoms with Crippen LogP contribution in [0.3, 0.4) is 0 Å². The number of hydrogen-bond acceptors (Lipinski definition) is 4. The van der Waals surface area contributed by atoms with Gasteiger partial charge in [-0.05, 0) is 26.1 Å². The molecular formula is C14H21N3O3. The number of likely N-dealkylation sites (N-methyl/N-ethyl adjacent to an activating group) is 1. The highest BCUT2D eigenvalue weighted by Crippen LogP contribution is 2.17. The molecule has 0 saturated carbocycles. The van der Waals surface area contributed by atoms with Crippen molar-refractivity contribution in [3.05, 3.63) is 24.0 Å². The average molecular weight is 279 g/mol. The van der Waals surface area contributed by atoms with Gasteiger partial charge in [0.05, 0.1) is 13.2 Å². The quantitative estimate of drug-likeness (QED) is 0.730. The number of carbonyl (C=O) groups excluding carboxylic acids is 2. The summed E-state index contributed by atoms with van der Waals surface area (Å²) >= 11 is 0. The number of rotatable bonds is 5. The van der Waals surface area contributed by atoms with E-state index >= 15 is 0 Å². The first-order valence-electron chi connectivity index (χ1n) is 6.79. The van der Waals surface area contributed by atoms with Gasteiger partial charge in [-0.2, -0.15) is 0 Å². The summed E-state index contributed by atoms with van der Waals surface area (Å²) in [7, 11) is 3.74. The molecule has 0 aromatic carbocycles. The molecule has 1 saturated heterocycles. The monoisotopic (exact) mass is 279 g/mol. The molecule has 2 heterocycles. The van der Waals surface area contributed by atoms with Crippen LogP contribution in [0.2, 0.25) is 0 Å². The van der Waals surface area contributed by atoms with Crippen LogP contribution in [0, 0.1) is 0 Å². The van der Waals surface area contributed by atoms with E-state index in [4.69, 9.17) is 4.74 Å². The number of amides is 1. The van der Waals surface area contributed by atoms with Gasteiger partial charge in [0.25, 0.3) is 5.91 Å². The molecule has 1 aromatic rings. The number of nitrogens with zero attached hydrogens (tertiary/aromatic N) is 3. The van der Waals surface area contributed by atoms with Crippen LogP contribution in [0.15, 0.2) is 18.3 Å². The number of carbonyl (C=O) groups is 2. The van der Waals surface area contributed by atoms with Crippen molar-refractivity contribution >= 4 is 11.9 Å². The van der Waals surface area contributed by atoms with Gasteiger partial charge in [0, 0.05) is 32.4 Å². The molecule has 1 aliphatic heterocycles. The Bertz CT molecular complexity index is 492. The molecular weight excluding hydrogens is 258 g/mol. The summed E-state index contributed by atoms with van der Waals surface area (Å²) in [6.07, 6.45) is 1.86. The van der Waals surface area contributed by atoms with Crippen molar-refractivity contribution < 1.29 is 14.3 Å². The molecule has 0 radical (unpaired) electrons. The molecule has 0 N–H and O–H groups in total. The third kappa shape index (κ3) is 3.01. The Balaban J connectivity index is 1.81. The van der Waals surface area contributed by atoms with Crippen molar-refractivity contribution in [2.75, 3.05) is 33.3 Å². The van der Waals surface area contributed by atoms with Crippen LogP contribution in [0.25, 0.3) is 0 Å². The van der Waals surface area contributed by atoms with Crippen molar-refractivity contribution in [2.45, 2.75) is 13.0 Å². The lowest BCUT2D eigenvalue weighted by Crippen LogP contribution is -2.61. The number of likely N-dealkylation sites (tertiary alicyclic amines) is 1. The highest BCUT2D eigenvalue weighted by molar-refractivity contribution is 5.93. The minimum absolute atomic E-state index is 0.0401. The zero-order valence-electron chi connectivity index (χ0n) is 12.2. The fourth-order valence-corrected chi connectivity index (χ4v) is 2.28. The number of aromatic nitrogens is 1. The van der Waals surface area contributed by atoms with Crippen LogP contribution in [-0.4, -0.2) is 65.6 Å². The van der Waals surface area contributed by atoms with Gasteiger partial charge in [-0.15, -0.1) is 0 Å². The topological polar surface area (TPSA) is 54.8 Å². The third-order valence-corrected chi connectivity index (χ3v) is 3.62. The molecule has 1 aromatic heterocycles. The van der Waals surface area contributed by atoms with Crippen molar-refractivity contribution in [1.29, 1.82) is 0 Å². The number of ether oxygens (including phenoxy) is 1. The van der Waals surface area contributed by atoms with E-state index in [0.29, 0.717) is 25.4 Å². The number of esters is 1. The molecule has 1 fully saturated rings. The molecule has 20 heavy (non-hydrogen) atoms. The Morgan fingerprint density at radius 3 is 2.70 bits per heavy atom. The molecule has 0 bridgehead atoms. The van der Waals surface area contributed by atoms with Gasteiger partial charge in [-0.1, -0.05) is 0 Å². The average Bonchev–Trinajstić information content (AvgIpc) is 2.73. The summed E-state index contributed by atoms with van der Waals surface area (Å²) in [4.78, 5) is 27.3. The molecule has 0 atom stereocenters. The van der Waals surface area contributed by atoms with E-state index in [-0.39, 0.29) is 24.5 Å². The van der Waals surface area contributed by atoms with Gasteiger partial charge >= 0.3 is 5.97 Å². The van der Waals surface area contributed by atoms with Crippen molar-refractivity contribution in [3.8, 4) is 0 Å². The zero-order valence-corrected chi connectivity index (χ0v) is 12.2. The van der Waals surface area contributed by atoms with E-state index in [1.54, 1.807) is 11.8 Å². The summed E-state index contributed by atoms with van der Waals surface area (Å²) in [6.45, 7) is 3.77. The maximum absolute atomic E-state index is 12.2. The second-order valence-corrected chi connectivity index (χ2v) is 5.09. The van der Waals surface area contributed by atoms with Crippen LogP contribution < -0.4 is 0 Å². The van der Waals surface area contributed by atoms with Crippen LogP contribution in [-0.2, 0) is 16.6 Å². The summed E-state index contributed by atoms with van der Waals surface area (Å²) in [5.41, 5.74) is 0.691. The van der Waals surface area contributed by atoms with Crippen molar-refractivity contribution in [3.63, 3.8) is 0 Å². The first kappa shape index (κ1) is 14.6. The number of aryl methyl sites for hydroxylation is 1. The zero-order chi connectivity index (χ0) is 14.7. The van der Waals surface area contributed by atoms with Crippen LogP contribution in [0.5, 0.6) is 0 Å². The van der Waals surface area contributed by atoms with Crippen molar-refractivity contribution in [1.82, 2.24) is 14.4 Å². The second-order valence-electron chi connectivity index (χ2n) is 5.09. The highest BCUT2D eigenvalue weighted by Gasteiger charge is 2.35. The molecule has 6 heteroatoms. The van der Waals surface area contributed by atoms with Crippen LogP contribution >= 0.6 is 0 Å². The van der Waals surface area contributed by atoms with Gasteiger partial charge in [-0.3, -0.25) is 14.5 Å². The first-order chi connectivity index (χ1) is 9.52. The van der Waals surface area contributed by atoms with E-state index in [0.717, 1.165) is 0 Å². The van der Waals surface area contributed by atoms with E-state index in [9.17, 15) is 9.59 Å². The summed E-state index contributed by atoms with van der Waals surface area (Å²) < 4.78 is 6.73. The Morgan fingerprint density at radius 1 is 1.45 bits per heavy atom. The van der Waals surface area contributed by atoms with Gasteiger partial charge < -0.3 is 14.2 Å². The predicted molar refractivity (Wildman–Crippen MR) is 74.4 cm³/mol. The molecule has 1 aliphatic rings. The van der Waals surface area contributed by atoms with E-state index in [1.165, 1.54) is 0 Å². The smallest absolute Gasteiger partial charge is 0.320 e. The second kappa shape index (κ2) is 6.09. The Hall–Kier alpha value is -1.82. The highest BCUT2D eigenvalue weighted by atomic mass is 16.5. The van der Waals surface area contributed by atoms with E-state index in [2.05, 4.69) is 0 Å². The molecule has 0 unspecified atom stereocenters. The van der Waals surface area contributed by atoms with E-state index < -0.39 is 0 Å². The lowest BCUT2D eigenvalue weighted by molar-refractivity contribution is -0.145. The van der Waals surface area contributed by atoms with Crippen LogP contribution in [0.1, 0.15) is 17.4 Å². The fourth-order valence-electron chi connectivity index (χ4n) is 2.28. The molecule has 1 amide bonds. The molecule has 0 aliphatic carbocycles. The summed E-state index contributed by atoms with van der Waals surface area (Å²) in [5.74, 6) is -0.180. The van der Waals surface area contributed by atoms with Crippen LogP contribution in [0.4, 0.5) is 0 Å². The normalized spacial score (nSPS) is 15.3. The molecule has 110 valence electrons. The van der Waals surface area contributed by atoms with E-state index in [1.807, 2.05) is 41.9 Å². The first-order valence-corrected chi connectivity index (χ1v) is 6.79. The molecule has 2 rings (SSSR count). The van der Waals surface area contributed by atoms with Gasteiger partial charge in [0.15, 0.2) is 0 Å². The maximum atomic E-state index is 12.2. The van der Waals surface area contributed by atoms with Gasteiger partial charge in [0.1, 0.15) is 5.69 Å². The Labute approximate surface area is 118 Å². The Kier molecular flexibility index (Phi) is 4.44.